The molecule has 0 aliphatic carbocycles. The monoisotopic (exact) mass is 391 g/mol. The average molecular weight is 392 g/mol. The summed E-state index contributed by atoms with van der Waals surface area (Å²) in [5, 5.41) is 6.01. The zero-order valence-electron chi connectivity index (χ0n) is 16.1. The number of likely N-dealkylation sites (N-methyl/N-ethyl adjacent to an activating group) is 1. The first-order chi connectivity index (χ1) is 13.0. The lowest BCUT2D eigenvalue weighted by Gasteiger charge is -2.23. The van der Waals surface area contributed by atoms with Crippen molar-refractivity contribution in [2.75, 3.05) is 44.1 Å². The molecule has 0 saturated carbocycles. The van der Waals surface area contributed by atoms with E-state index in [1.807, 2.05) is 6.07 Å². The summed E-state index contributed by atoms with van der Waals surface area (Å²) in [7, 11) is 3.04. The van der Waals surface area contributed by atoms with Crippen molar-refractivity contribution in [3.05, 3.63) is 47.0 Å². The largest absolute Gasteiger partial charge is 0.495 e. The Kier molecular flexibility index (Phi) is 7.61. The number of amides is 2. The number of carbonyl (C=O) groups excluding carboxylic acids is 1. The number of hydrogen-bond donors (Lipinski definition) is 2. The van der Waals surface area contributed by atoms with Crippen molar-refractivity contribution < 1.29 is 14.3 Å². The number of carbonyl (C=O) groups is 1. The second-order valence-corrected chi connectivity index (χ2v) is 6.39. The van der Waals surface area contributed by atoms with Crippen LogP contribution in [0.3, 0.4) is 0 Å². The van der Waals surface area contributed by atoms with Crippen molar-refractivity contribution >= 4 is 29.0 Å². The van der Waals surface area contributed by atoms with Gasteiger partial charge in [0.25, 0.3) is 0 Å². The molecule has 0 bridgehead atoms. The fraction of sp³-hybridized carbons (Fsp3) is 0.350. The van der Waals surface area contributed by atoms with E-state index in [9.17, 15) is 4.79 Å². The molecule has 2 N–H and O–H groups in total. The Hall–Kier alpha value is -2.60. The highest BCUT2D eigenvalue weighted by molar-refractivity contribution is 6.32. The molecule has 2 rings (SSSR count). The number of benzene rings is 2. The van der Waals surface area contributed by atoms with Crippen LogP contribution in [0.25, 0.3) is 0 Å². The summed E-state index contributed by atoms with van der Waals surface area (Å²) in [6.07, 6.45) is 0. The molecule has 7 heteroatoms. The van der Waals surface area contributed by atoms with Crippen molar-refractivity contribution in [3.63, 3.8) is 0 Å². The molecule has 0 aliphatic rings. The van der Waals surface area contributed by atoms with E-state index in [0.29, 0.717) is 35.3 Å². The van der Waals surface area contributed by atoms with Gasteiger partial charge in [-0.3, -0.25) is 0 Å². The van der Waals surface area contributed by atoms with E-state index in [-0.39, 0.29) is 6.03 Å². The molecule has 0 atom stereocenters. The molecular formula is C20H26ClN3O3. The number of methoxy groups -OCH3 is 2. The van der Waals surface area contributed by atoms with Gasteiger partial charge < -0.3 is 25.0 Å². The zero-order chi connectivity index (χ0) is 19.8. The minimum Gasteiger partial charge on any atom is -0.495 e. The maximum atomic E-state index is 12.2. The summed E-state index contributed by atoms with van der Waals surface area (Å²) in [5.41, 5.74) is 2.83. The van der Waals surface area contributed by atoms with Gasteiger partial charge in [-0.25, -0.2) is 4.79 Å². The molecule has 0 aliphatic heterocycles. The third-order valence-electron chi connectivity index (χ3n) is 4.14. The van der Waals surface area contributed by atoms with Crippen LogP contribution in [0.1, 0.15) is 12.5 Å². The maximum absolute atomic E-state index is 12.2. The van der Waals surface area contributed by atoms with E-state index in [1.165, 1.54) is 19.8 Å². The second-order valence-electron chi connectivity index (χ2n) is 5.99. The normalized spacial score (nSPS) is 10.3. The van der Waals surface area contributed by atoms with Gasteiger partial charge in [0, 0.05) is 31.4 Å². The molecule has 2 aromatic carbocycles. The number of aryl methyl sites for hydroxylation is 1. The summed E-state index contributed by atoms with van der Waals surface area (Å²) in [5.74, 6) is 0.956. The highest BCUT2D eigenvalue weighted by atomic mass is 35.5. The predicted molar refractivity (Wildman–Crippen MR) is 111 cm³/mol. The first-order valence-electron chi connectivity index (χ1n) is 8.76. The fourth-order valence-corrected chi connectivity index (χ4v) is 2.96. The molecule has 146 valence electrons. The average Bonchev–Trinajstić information content (AvgIpc) is 2.65. The molecule has 0 unspecified atom stereocenters. The number of anilines is 2. The molecule has 0 saturated heterocycles. The quantitative estimate of drug-likeness (QED) is 0.703. The zero-order valence-corrected chi connectivity index (χ0v) is 16.9. The van der Waals surface area contributed by atoms with E-state index >= 15 is 0 Å². The maximum Gasteiger partial charge on any atom is 0.319 e. The van der Waals surface area contributed by atoms with Crippen molar-refractivity contribution in [3.8, 4) is 11.5 Å². The van der Waals surface area contributed by atoms with Crippen molar-refractivity contribution in [1.82, 2.24) is 5.32 Å². The van der Waals surface area contributed by atoms with E-state index < -0.39 is 0 Å². The summed E-state index contributed by atoms with van der Waals surface area (Å²) >= 11 is 6.13. The van der Waals surface area contributed by atoms with Crippen LogP contribution in [0.15, 0.2) is 36.4 Å². The number of nitrogens with one attached hydrogen (secondary N) is 2. The summed E-state index contributed by atoms with van der Waals surface area (Å²) in [6.45, 7) is 6.21. The van der Waals surface area contributed by atoms with Crippen LogP contribution in [0.4, 0.5) is 16.2 Å². The minimum atomic E-state index is -0.324. The smallest absolute Gasteiger partial charge is 0.319 e. The Morgan fingerprint density at radius 3 is 2.52 bits per heavy atom. The van der Waals surface area contributed by atoms with Gasteiger partial charge in [0.1, 0.15) is 11.5 Å². The molecule has 0 radical (unpaired) electrons. The topological polar surface area (TPSA) is 62.8 Å². The lowest BCUT2D eigenvalue weighted by Crippen LogP contribution is -2.37. The van der Waals surface area contributed by atoms with Gasteiger partial charge >= 0.3 is 6.03 Å². The van der Waals surface area contributed by atoms with Gasteiger partial charge in [0.2, 0.25) is 0 Å². The molecule has 2 amide bonds. The Bertz CT molecular complexity index is 783. The number of urea groups is 1. The van der Waals surface area contributed by atoms with Gasteiger partial charge in [-0.2, -0.15) is 0 Å². The van der Waals surface area contributed by atoms with Crippen LogP contribution < -0.4 is 25.0 Å². The fourth-order valence-electron chi connectivity index (χ4n) is 2.72. The van der Waals surface area contributed by atoms with Gasteiger partial charge in [-0.05, 0) is 37.6 Å². The van der Waals surface area contributed by atoms with Gasteiger partial charge in [-0.15, -0.1) is 0 Å². The third-order valence-corrected chi connectivity index (χ3v) is 4.43. The molecule has 27 heavy (non-hydrogen) atoms. The Morgan fingerprint density at radius 1 is 1.15 bits per heavy atom. The van der Waals surface area contributed by atoms with Crippen LogP contribution >= 0.6 is 11.6 Å². The molecule has 2 aromatic rings. The predicted octanol–water partition coefficient (Wildman–Crippen LogP) is 4.31. The van der Waals surface area contributed by atoms with Crippen LogP contribution in [0.5, 0.6) is 11.5 Å². The van der Waals surface area contributed by atoms with Crippen LogP contribution in [-0.2, 0) is 0 Å². The van der Waals surface area contributed by atoms with Gasteiger partial charge in [0.15, 0.2) is 0 Å². The Labute approximate surface area is 165 Å². The summed E-state index contributed by atoms with van der Waals surface area (Å²) < 4.78 is 10.4. The molecular weight excluding hydrogens is 366 g/mol. The standard InChI is InChI=1S/C20H26ClN3O3/c1-5-24(15-8-6-7-14(2)11-15)10-9-22-20(25)23-17-12-16(21)18(26-3)13-19(17)27-4/h6-8,11-13H,5,9-10H2,1-4H3,(H2,22,23,25). The molecule has 0 spiro atoms. The second kappa shape index (κ2) is 9.92. The van der Waals surface area contributed by atoms with E-state index in [0.717, 1.165) is 12.2 Å². The van der Waals surface area contributed by atoms with Crippen molar-refractivity contribution in [1.29, 1.82) is 0 Å². The first-order valence-corrected chi connectivity index (χ1v) is 9.14. The molecule has 0 fully saturated rings. The molecule has 0 aromatic heterocycles. The lowest BCUT2D eigenvalue weighted by atomic mass is 10.2. The highest BCUT2D eigenvalue weighted by Gasteiger charge is 2.12. The number of halogens is 1. The first kappa shape index (κ1) is 20.7. The third kappa shape index (κ3) is 5.69. The van der Waals surface area contributed by atoms with E-state index in [4.69, 9.17) is 21.1 Å². The molecule has 0 heterocycles. The van der Waals surface area contributed by atoms with E-state index in [2.05, 4.69) is 47.6 Å². The highest BCUT2D eigenvalue weighted by Crippen LogP contribution is 2.35. The Morgan fingerprint density at radius 2 is 1.89 bits per heavy atom. The summed E-state index contributed by atoms with van der Waals surface area (Å²) in [4.78, 5) is 14.4. The number of ether oxygens (including phenoxy) is 2. The number of hydrogen-bond acceptors (Lipinski definition) is 4. The molecule has 6 nitrogen and oxygen atoms in total. The van der Waals surface area contributed by atoms with Gasteiger partial charge in [-0.1, -0.05) is 23.7 Å². The lowest BCUT2D eigenvalue weighted by molar-refractivity contribution is 0.252. The summed E-state index contributed by atoms with van der Waals surface area (Å²) in [6, 6.07) is 11.2. The van der Waals surface area contributed by atoms with Crippen molar-refractivity contribution in [2.24, 2.45) is 0 Å². The minimum absolute atomic E-state index is 0.324. The van der Waals surface area contributed by atoms with E-state index in [1.54, 1.807) is 12.1 Å². The van der Waals surface area contributed by atoms with Crippen LogP contribution in [0, 0.1) is 6.92 Å². The van der Waals surface area contributed by atoms with Gasteiger partial charge in [0.05, 0.1) is 24.9 Å². The van der Waals surface area contributed by atoms with Crippen LogP contribution in [-0.4, -0.2) is 39.9 Å². The van der Waals surface area contributed by atoms with Crippen LogP contribution in [0.2, 0.25) is 5.02 Å². The SMILES string of the molecule is CCN(CCNC(=O)Nc1cc(Cl)c(OC)cc1OC)c1cccc(C)c1. The number of nitrogens with zero attached hydrogens (tertiary/aromatic N) is 1. The number of rotatable bonds is 8. The van der Waals surface area contributed by atoms with Crippen molar-refractivity contribution in [2.45, 2.75) is 13.8 Å². The Balaban J connectivity index is 1.93.